The van der Waals surface area contributed by atoms with Crippen LogP contribution in [0.3, 0.4) is 0 Å². The molecule has 0 saturated heterocycles. The molecule has 0 bridgehead atoms. The van der Waals surface area contributed by atoms with Gasteiger partial charge in [0.05, 0.1) is 18.0 Å². The molecular weight excluding hydrogens is 419 g/mol. The molecule has 0 saturated carbocycles. The van der Waals surface area contributed by atoms with Crippen LogP contribution in [0.5, 0.6) is 5.88 Å². The topological polar surface area (TPSA) is 69.0 Å². The Morgan fingerprint density at radius 2 is 1.82 bits per heavy atom. The maximum Gasteiger partial charge on any atom is 0.224 e. The van der Waals surface area contributed by atoms with E-state index in [0.29, 0.717) is 24.6 Å². The number of benzene rings is 2. The number of pyridine rings is 1. The molecule has 0 aliphatic rings. The Morgan fingerprint density at radius 3 is 2.52 bits per heavy atom. The van der Waals surface area contributed by atoms with E-state index in [1.165, 1.54) is 12.1 Å². The number of aromatic nitrogens is 3. The van der Waals surface area contributed by atoms with Crippen molar-refractivity contribution in [2.24, 2.45) is 0 Å². The van der Waals surface area contributed by atoms with Crippen LogP contribution in [0.15, 0.2) is 48.5 Å². The number of nitrogens with zero attached hydrogens (tertiary/aromatic N) is 3. The van der Waals surface area contributed by atoms with E-state index in [-0.39, 0.29) is 18.1 Å². The first kappa shape index (κ1) is 22.5. The van der Waals surface area contributed by atoms with Gasteiger partial charge >= 0.3 is 0 Å². The predicted molar refractivity (Wildman–Crippen MR) is 128 cm³/mol. The lowest BCUT2D eigenvalue weighted by Crippen LogP contribution is -2.13. The summed E-state index contributed by atoms with van der Waals surface area (Å²) in [5, 5.41) is 8.55. The summed E-state index contributed by atoms with van der Waals surface area (Å²) in [5.74, 6) is 0.0219. The Labute approximate surface area is 192 Å². The van der Waals surface area contributed by atoms with Gasteiger partial charge in [-0.15, -0.1) is 0 Å². The average molecular weight is 447 g/mol. The van der Waals surface area contributed by atoms with E-state index in [2.05, 4.69) is 5.32 Å². The summed E-state index contributed by atoms with van der Waals surface area (Å²) >= 11 is 0. The third-order valence-electron chi connectivity index (χ3n) is 5.68. The summed E-state index contributed by atoms with van der Waals surface area (Å²) in [6.07, 6.45) is 0.711. The van der Waals surface area contributed by atoms with Crippen LogP contribution in [0.1, 0.15) is 35.7 Å². The van der Waals surface area contributed by atoms with Crippen LogP contribution < -0.4 is 10.1 Å². The summed E-state index contributed by atoms with van der Waals surface area (Å²) in [7, 11) is 0. The number of anilines is 1. The molecule has 2 aromatic carbocycles. The molecule has 2 heterocycles. The van der Waals surface area contributed by atoms with Crippen molar-refractivity contribution in [1.82, 2.24) is 14.8 Å². The second-order valence-electron chi connectivity index (χ2n) is 7.99. The second kappa shape index (κ2) is 9.40. The quantitative estimate of drug-likeness (QED) is 0.410. The third-order valence-corrected chi connectivity index (χ3v) is 5.68. The molecule has 7 heteroatoms. The van der Waals surface area contributed by atoms with Crippen LogP contribution in [0.4, 0.5) is 10.1 Å². The molecule has 0 radical (unpaired) electrons. The molecule has 0 unspecified atom stereocenters. The van der Waals surface area contributed by atoms with Crippen molar-refractivity contribution in [3.63, 3.8) is 0 Å². The number of carbonyl (C=O) groups is 1. The molecule has 1 amide bonds. The Bertz CT molecular complexity index is 1310. The molecule has 0 atom stereocenters. The van der Waals surface area contributed by atoms with Gasteiger partial charge in [-0.3, -0.25) is 4.79 Å². The van der Waals surface area contributed by atoms with Crippen LogP contribution in [-0.2, 0) is 11.2 Å². The molecule has 0 aliphatic carbocycles. The SMILES string of the molecule is CCOc1nc2c(c(C)nn2-c2ccccc2C)c(C)c1CCC(=O)Nc1ccc(F)cc1. The lowest BCUT2D eigenvalue weighted by molar-refractivity contribution is -0.116. The number of hydrogen-bond donors (Lipinski definition) is 1. The summed E-state index contributed by atoms with van der Waals surface area (Å²) in [6.45, 7) is 8.41. The van der Waals surface area contributed by atoms with Crippen molar-refractivity contribution in [1.29, 1.82) is 0 Å². The third kappa shape index (κ3) is 4.58. The molecule has 4 rings (SSSR count). The van der Waals surface area contributed by atoms with Gasteiger partial charge in [-0.2, -0.15) is 10.1 Å². The molecule has 6 nitrogen and oxygen atoms in total. The molecular formula is C26H27FN4O2. The summed E-state index contributed by atoms with van der Waals surface area (Å²) < 4.78 is 20.9. The highest BCUT2D eigenvalue weighted by atomic mass is 19.1. The van der Waals surface area contributed by atoms with Gasteiger partial charge in [-0.05, 0) is 75.6 Å². The number of fused-ring (bicyclic) bond motifs is 1. The number of aryl methyl sites for hydroxylation is 3. The fraction of sp³-hybridized carbons (Fsp3) is 0.269. The highest BCUT2D eigenvalue weighted by Gasteiger charge is 2.21. The zero-order valence-corrected chi connectivity index (χ0v) is 19.3. The van der Waals surface area contributed by atoms with Crippen LogP contribution in [0, 0.1) is 26.6 Å². The fourth-order valence-corrected chi connectivity index (χ4v) is 4.05. The highest BCUT2D eigenvalue weighted by Crippen LogP contribution is 2.32. The van der Waals surface area contributed by atoms with Crippen LogP contribution in [0.2, 0.25) is 0 Å². The minimum atomic E-state index is -0.342. The van der Waals surface area contributed by atoms with Crippen molar-refractivity contribution in [2.45, 2.75) is 40.5 Å². The lowest BCUT2D eigenvalue weighted by Gasteiger charge is -2.14. The van der Waals surface area contributed by atoms with Gasteiger partial charge < -0.3 is 10.1 Å². The maximum atomic E-state index is 13.1. The summed E-state index contributed by atoms with van der Waals surface area (Å²) in [5.41, 5.74) is 6.14. The van der Waals surface area contributed by atoms with Gasteiger partial charge in [0.2, 0.25) is 11.8 Å². The zero-order valence-electron chi connectivity index (χ0n) is 19.3. The molecule has 33 heavy (non-hydrogen) atoms. The van der Waals surface area contributed by atoms with Crippen LogP contribution in [-0.4, -0.2) is 27.3 Å². The van der Waals surface area contributed by atoms with Crippen molar-refractivity contribution in [2.75, 3.05) is 11.9 Å². The monoisotopic (exact) mass is 446 g/mol. The molecule has 2 aromatic heterocycles. The number of amides is 1. The Balaban J connectivity index is 1.68. The minimum absolute atomic E-state index is 0.157. The van der Waals surface area contributed by atoms with Gasteiger partial charge in [0.1, 0.15) is 5.82 Å². The first-order chi connectivity index (χ1) is 15.9. The molecule has 4 aromatic rings. The van der Waals surface area contributed by atoms with E-state index in [9.17, 15) is 9.18 Å². The van der Waals surface area contributed by atoms with Crippen molar-refractivity contribution in [3.8, 4) is 11.6 Å². The molecule has 0 aliphatic heterocycles. The summed E-state index contributed by atoms with van der Waals surface area (Å²) in [4.78, 5) is 17.4. The largest absolute Gasteiger partial charge is 0.478 e. The van der Waals surface area contributed by atoms with Crippen molar-refractivity contribution < 1.29 is 13.9 Å². The fourth-order valence-electron chi connectivity index (χ4n) is 4.05. The number of rotatable bonds is 7. The first-order valence-corrected chi connectivity index (χ1v) is 11.0. The van der Waals surface area contributed by atoms with Crippen molar-refractivity contribution in [3.05, 3.63) is 76.7 Å². The Morgan fingerprint density at radius 1 is 1.09 bits per heavy atom. The number of nitrogens with one attached hydrogen (secondary N) is 1. The van der Waals surface area contributed by atoms with E-state index in [0.717, 1.165) is 39.1 Å². The smallest absolute Gasteiger partial charge is 0.224 e. The van der Waals surface area contributed by atoms with E-state index in [4.69, 9.17) is 14.8 Å². The normalized spacial score (nSPS) is 11.1. The van der Waals surface area contributed by atoms with Gasteiger partial charge in [0.25, 0.3) is 0 Å². The Kier molecular flexibility index (Phi) is 6.40. The van der Waals surface area contributed by atoms with Gasteiger partial charge in [0, 0.05) is 23.1 Å². The molecule has 1 N–H and O–H groups in total. The molecule has 0 fully saturated rings. The van der Waals surface area contributed by atoms with Gasteiger partial charge in [0.15, 0.2) is 5.65 Å². The molecule has 0 spiro atoms. The van der Waals surface area contributed by atoms with E-state index in [1.807, 2.05) is 56.6 Å². The second-order valence-corrected chi connectivity index (χ2v) is 7.99. The number of carbonyl (C=O) groups excluding carboxylic acids is 1. The van der Waals surface area contributed by atoms with Crippen LogP contribution in [0.25, 0.3) is 16.7 Å². The lowest BCUT2D eigenvalue weighted by atomic mass is 10.0. The molecule has 170 valence electrons. The number of para-hydroxylation sites is 1. The number of ether oxygens (including phenoxy) is 1. The van der Waals surface area contributed by atoms with Gasteiger partial charge in [-0.1, -0.05) is 18.2 Å². The average Bonchev–Trinajstić information content (AvgIpc) is 3.11. The standard InChI is InChI=1S/C26H27FN4O2/c1-5-33-26-21(14-15-23(32)28-20-12-10-19(27)11-13-20)17(3)24-18(4)30-31(25(24)29-26)22-9-7-6-8-16(22)2/h6-13H,5,14-15H2,1-4H3,(H,28,32). The number of hydrogen-bond acceptors (Lipinski definition) is 4. The van der Waals surface area contributed by atoms with Crippen LogP contribution >= 0.6 is 0 Å². The first-order valence-electron chi connectivity index (χ1n) is 11.0. The zero-order chi connectivity index (χ0) is 23.5. The van der Waals surface area contributed by atoms with E-state index >= 15 is 0 Å². The highest BCUT2D eigenvalue weighted by molar-refractivity contribution is 5.91. The van der Waals surface area contributed by atoms with Gasteiger partial charge in [-0.25, -0.2) is 9.07 Å². The van der Waals surface area contributed by atoms with E-state index in [1.54, 1.807) is 12.1 Å². The maximum absolute atomic E-state index is 13.1. The van der Waals surface area contributed by atoms with E-state index < -0.39 is 0 Å². The Hall–Kier alpha value is -3.74. The summed E-state index contributed by atoms with van der Waals surface area (Å²) in [6, 6.07) is 13.8. The minimum Gasteiger partial charge on any atom is -0.478 e. The predicted octanol–water partition coefficient (Wildman–Crippen LogP) is 5.45. The van der Waals surface area contributed by atoms with Crippen molar-refractivity contribution >= 4 is 22.6 Å². The number of halogens is 1.